The zero-order valence-corrected chi connectivity index (χ0v) is 15.2. The maximum absolute atomic E-state index is 14.3. The summed E-state index contributed by atoms with van der Waals surface area (Å²) in [5.41, 5.74) is 1.18. The maximum atomic E-state index is 14.3. The number of benzene rings is 2. The van der Waals surface area contributed by atoms with Gasteiger partial charge in [-0.15, -0.1) is 0 Å². The van der Waals surface area contributed by atoms with Crippen LogP contribution >= 0.6 is 0 Å². The van der Waals surface area contributed by atoms with Gasteiger partial charge in [0.05, 0.1) is 25.6 Å². The molecule has 0 radical (unpaired) electrons. The fourth-order valence-corrected chi connectivity index (χ4v) is 3.41. The second-order valence-electron chi connectivity index (χ2n) is 6.36. The molecule has 0 aliphatic carbocycles. The Hall–Kier alpha value is -3.42. The molecule has 0 spiro atoms. The van der Waals surface area contributed by atoms with Crippen molar-refractivity contribution in [3.63, 3.8) is 0 Å². The molecule has 0 bridgehead atoms. The van der Waals surface area contributed by atoms with Crippen molar-refractivity contribution < 1.29 is 23.0 Å². The lowest BCUT2D eigenvalue weighted by Crippen LogP contribution is -2.25. The lowest BCUT2D eigenvalue weighted by atomic mass is 9.89. The molecule has 0 fully saturated rings. The summed E-state index contributed by atoms with van der Waals surface area (Å²) in [4.78, 5) is 16.7. The highest BCUT2D eigenvalue weighted by molar-refractivity contribution is 5.94. The minimum atomic E-state index is -0.690. The summed E-state index contributed by atoms with van der Waals surface area (Å²) in [6, 6.07) is 8.42. The van der Waals surface area contributed by atoms with E-state index in [0.29, 0.717) is 28.7 Å². The van der Waals surface area contributed by atoms with E-state index >= 15 is 0 Å². The number of fused-ring (bicyclic) bond motifs is 1. The predicted octanol–water partition coefficient (Wildman–Crippen LogP) is 3.64. The van der Waals surface area contributed by atoms with Crippen LogP contribution < -0.4 is 14.8 Å². The van der Waals surface area contributed by atoms with Gasteiger partial charge in [-0.1, -0.05) is 0 Å². The fraction of sp³-hybridized carbons (Fsp3) is 0.200. The minimum absolute atomic E-state index is 0.0237. The molecular weight excluding hydrogens is 368 g/mol. The van der Waals surface area contributed by atoms with Gasteiger partial charge in [0.2, 0.25) is 5.91 Å². The number of rotatable bonds is 4. The third kappa shape index (κ3) is 2.96. The van der Waals surface area contributed by atoms with Gasteiger partial charge in [0, 0.05) is 24.0 Å². The summed E-state index contributed by atoms with van der Waals surface area (Å²) < 4.78 is 40.3. The first-order valence-corrected chi connectivity index (χ1v) is 8.56. The van der Waals surface area contributed by atoms with Crippen LogP contribution in [-0.4, -0.2) is 29.7 Å². The van der Waals surface area contributed by atoms with Crippen molar-refractivity contribution in [1.82, 2.24) is 9.55 Å². The highest BCUT2D eigenvalue weighted by Crippen LogP contribution is 2.40. The van der Waals surface area contributed by atoms with Gasteiger partial charge < -0.3 is 14.8 Å². The van der Waals surface area contributed by atoms with Gasteiger partial charge in [0.15, 0.2) is 0 Å². The van der Waals surface area contributed by atoms with E-state index in [4.69, 9.17) is 9.47 Å². The number of hydrogen-bond acceptors (Lipinski definition) is 4. The van der Waals surface area contributed by atoms with Crippen LogP contribution in [0, 0.1) is 11.6 Å². The van der Waals surface area contributed by atoms with Crippen molar-refractivity contribution in [2.75, 3.05) is 19.5 Å². The van der Waals surface area contributed by atoms with Crippen LogP contribution in [0.5, 0.6) is 11.5 Å². The van der Waals surface area contributed by atoms with Crippen molar-refractivity contribution in [1.29, 1.82) is 0 Å². The van der Waals surface area contributed by atoms with E-state index < -0.39 is 17.6 Å². The average Bonchev–Trinajstić information content (AvgIpc) is 3.12. The van der Waals surface area contributed by atoms with Crippen molar-refractivity contribution >= 4 is 11.7 Å². The molecule has 8 heteroatoms. The number of hydrogen-bond donors (Lipinski definition) is 1. The van der Waals surface area contributed by atoms with Crippen LogP contribution in [0.1, 0.15) is 23.6 Å². The van der Waals surface area contributed by atoms with E-state index in [-0.39, 0.29) is 17.9 Å². The smallest absolute Gasteiger partial charge is 0.226 e. The zero-order valence-electron chi connectivity index (χ0n) is 15.2. The van der Waals surface area contributed by atoms with Crippen molar-refractivity contribution in [3.05, 3.63) is 65.6 Å². The number of ether oxygens (including phenoxy) is 2. The number of imidazole rings is 1. The number of methoxy groups -OCH3 is 2. The SMILES string of the molecule is COc1ccc(-n2cnc3c2NC(=O)CC3c2cc(F)ccc2F)c(OC)c1. The molecule has 2 heterocycles. The van der Waals surface area contributed by atoms with Crippen molar-refractivity contribution in [3.8, 4) is 17.2 Å². The minimum Gasteiger partial charge on any atom is -0.497 e. The zero-order chi connectivity index (χ0) is 19.8. The Labute approximate surface area is 159 Å². The average molecular weight is 385 g/mol. The third-order valence-electron chi connectivity index (χ3n) is 4.75. The van der Waals surface area contributed by atoms with Gasteiger partial charge in [0.25, 0.3) is 0 Å². The normalized spacial score (nSPS) is 15.7. The second-order valence-corrected chi connectivity index (χ2v) is 6.36. The Bertz CT molecular complexity index is 1060. The third-order valence-corrected chi connectivity index (χ3v) is 4.75. The first-order chi connectivity index (χ1) is 13.5. The molecule has 4 rings (SSSR count). The molecule has 1 aliphatic rings. The topological polar surface area (TPSA) is 65.4 Å². The van der Waals surface area contributed by atoms with Crippen LogP contribution in [0.15, 0.2) is 42.7 Å². The Morgan fingerprint density at radius 3 is 2.71 bits per heavy atom. The highest BCUT2D eigenvalue weighted by atomic mass is 19.1. The lowest BCUT2D eigenvalue weighted by molar-refractivity contribution is -0.116. The summed E-state index contributed by atoms with van der Waals surface area (Å²) in [6.07, 6.45) is 1.49. The first-order valence-electron chi connectivity index (χ1n) is 8.56. The number of aromatic nitrogens is 2. The molecule has 0 saturated carbocycles. The first kappa shape index (κ1) is 18.0. The fourth-order valence-electron chi connectivity index (χ4n) is 3.41. The Kier molecular flexibility index (Phi) is 4.46. The quantitative estimate of drug-likeness (QED) is 0.745. The van der Waals surface area contributed by atoms with Crippen LogP contribution in [0.2, 0.25) is 0 Å². The van der Waals surface area contributed by atoms with Crippen LogP contribution in [0.3, 0.4) is 0 Å². The number of anilines is 1. The molecule has 28 heavy (non-hydrogen) atoms. The summed E-state index contributed by atoms with van der Waals surface area (Å²) in [7, 11) is 3.07. The van der Waals surface area contributed by atoms with Gasteiger partial charge >= 0.3 is 0 Å². The monoisotopic (exact) mass is 385 g/mol. The van der Waals surface area contributed by atoms with Gasteiger partial charge in [-0.2, -0.15) is 0 Å². The molecular formula is C20H17F2N3O3. The largest absolute Gasteiger partial charge is 0.497 e. The standard InChI is InChI=1S/C20H17F2N3O3/c1-27-12-4-6-16(17(8-12)28-2)25-10-23-19-14(9-18(26)24-20(19)25)13-7-11(21)3-5-15(13)22/h3-8,10,14H,9H2,1-2H3,(H,24,26). The molecule has 144 valence electrons. The van der Waals surface area contributed by atoms with Crippen LogP contribution in [-0.2, 0) is 4.79 Å². The van der Waals surface area contributed by atoms with Crippen LogP contribution in [0.4, 0.5) is 14.6 Å². The van der Waals surface area contributed by atoms with E-state index in [2.05, 4.69) is 10.3 Å². The van der Waals surface area contributed by atoms with E-state index in [9.17, 15) is 13.6 Å². The molecule has 1 aromatic heterocycles. The van der Waals surface area contributed by atoms with Gasteiger partial charge in [-0.05, 0) is 30.3 Å². The summed E-state index contributed by atoms with van der Waals surface area (Å²) in [6.45, 7) is 0. The summed E-state index contributed by atoms with van der Waals surface area (Å²) >= 11 is 0. The highest BCUT2D eigenvalue weighted by Gasteiger charge is 2.33. The summed E-state index contributed by atoms with van der Waals surface area (Å²) in [5, 5.41) is 2.78. The molecule has 1 atom stereocenters. The number of nitrogens with zero attached hydrogens (tertiary/aromatic N) is 2. The molecule has 6 nitrogen and oxygen atoms in total. The van der Waals surface area contributed by atoms with Crippen molar-refractivity contribution in [2.45, 2.75) is 12.3 Å². The number of carbonyl (C=O) groups is 1. The number of amides is 1. The van der Waals surface area contributed by atoms with E-state index in [0.717, 1.165) is 18.2 Å². The van der Waals surface area contributed by atoms with E-state index in [1.807, 2.05) is 0 Å². The van der Waals surface area contributed by atoms with E-state index in [1.54, 1.807) is 29.9 Å². The van der Waals surface area contributed by atoms with E-state index in [1.165, 1.54) is 13.4 Å². The summed E-state index contributed by atoms with van der Waals surface area (Å²) in [5.74, 6) is -0.635. The Balaban J connectivity index is 1.85. The maximum Gasteiger partial charge on any atom is 0.226 e. The lowest BCUT2D eigenvalue weighted by Gasteiger charge is -2.24. The molecule has 2 aromatic carbocycles. The van der Waals surface area contributed by atoms with Crippen molar-refractivity contribution in [2.24, 2.45) is 0 Å². The Morgan fingerprint density at radius 2 is 1.96 bits per heavy atom. The second kappa shape index (κ2) is 6.95. The van der Waals surface area contributed by atoms with Crippen LogP contribution in [0.25, 0.3) is 5.69 Å². The molecule has 0 saturated heterocycles. The predicted molar refractivity (Wildman–Crippen MR) is 98.1 cm³/mol. The molecule has 1 amide bonds. The molecule has 3 aromatic rings. The molecule has 1 N–H and O–H groups in total. The molecule has 1 aliphatic heterocycles. The van der Waals surface area contributed by atoms with Gasteiger partial charge in [-0.25, -0.2) is 13.8 Å². The van der Waals surface area contributed by atoms with Gasteiger partial charge in [-0.3, -0.25) is 9.36 Å². The number of nitrogens with one attached hydrogen (secondary N) is 1. The number of halogens is 2. The Morgan fingerprint density at radius 1 is 1.14 bits per heavy atom. The van der Waals surface area contributed by atoms with Gasteiger partial charge in [0.1, 0.15) is 35.3 Å². The molecule has 1 unspecified atom stereocenters. The number of carbonyl (C=O) groups excluding carboxylic acids is 1.